The van der Waals surface area contributed by atoms with Gasteiger partial charge in [0, 0.05) is 11.3 Å². The summed E-state index contributed by atoms with van der Waals surface area (Å²) < 4.78 is 4.89. The van der Waals surface area contributed by atoms with Gasteiger partial charge in [0.15, 0.2) is 0 Å². The van der Waals surface area contributed by atoms with Crippen LogP contribution in [0, 0.1) is 5.92 Å². The van der Waals surface area contributed by atoms with Crippen LogP contribution in [0.15, 0.2) is 11.6 Å². The van der Waals surface area contributed by atoms with Gasteiger partial charge in [-0.2, -0.15) is 0 Å². The maximum Gasteiger partial charge on any atom is 0.331 e. The highest BCUT2D eigenvalue weighted by Gasteiger charge is 2.24. The summed E-state index contributed by atoms with van der Waals surface area (Å²) in [4.78, 5) is 10.9. The number of rotatable bonds is 4. The molecule has 0 bridgehead atoms. The van der Waals surface area contributed by atoms with Crippen molar-refractivity contribution in [2.24, 2.45) is 5.92 Å². The Hall–Kier alpha value is -0.0900. The summed E-state index contributed by atoms with van der Waals surface area (Å²) in [7, 11) is 3.54. The quantitative estimate of drug-likeness (QED) is 0.535. The smallest absolute Gasteiger partial charge is 0.331 e. The molecule has 0 aromatic carbocycles. The number of cyclic esters (lactones) is 1. The summed E-state index contributed by atoms with van der Waals surface area (Å²) in [5.74, 6) is 0.348. The van der Waals surface area contributed by atoms with Crippen molar-refractivity contribution in [2.75, 3.05) is 12.9 Å². The first-order valence-electron chi connectivity index (χ1n) is 4.22. The van der Waals surface area contributed by atoms with E-state index in [2.05, 4.69) is 20.1 Å². The Morgan fingerprint density at radius 3 is 2.62 bits per heavy atom. The van der Waals surface area contributed by atoms with Crippen molar-refractivity contribution >= 4 is 27.6 Å². The van der Waals surface area contributed by atoms with Crippen molar-refractivity contribution in [1.29, 1.82) is 0 Å². The topological polar surface area (TPSA) is 26.3 Å². The van der Waals surface area contributed by atoms with Gasteiger partial charge in [-0.3, -0.25) is 0 Å². The SMILES string of the molecule is CSSC(C1=CC(=O)OC1)C(C)C. The summed E-state index contributed by atoms with van der Waals surface area (Å²) in [5, 5.41) is 0.404. The van der Waals surface area contributed by atoms with Crippen molar-refractivity contribution in [3.63, 3.8) is 0 Å². The van der Waals surface area contributed by atoms with Gasteiger partial charge in [0.1, 0.15) is 6.61 Å². The first-order valence-corrected chi connectivity index (χ1v) is 6.84. The van der Waals surface area contributed by atoms with E-state index in [1.165, 1.54) is 0 Å². The van der Waals surface area contributed by atoms with Crippen LogP contribution in [0.1, 0.15) is 13.8 Å². The molecule has 0 saturated carbocycles. The van der Waals surface area contributed by atoms with Gasteiger partial charge in [-0.1, -0.05) is 35.4 Å². The highest BCUT2D eigenvalue weighted by molar-refractivity contribution is 8.76. The minimum atomic E-state index is -0.192. The molecular weight excluding hydrogens is 204 g/mol. The fourth-order valence-corrected chi connectivity index (χ4v) is 3.61. The van der Waals surface area contributed by atoms with E-state index >= 15 is 0 Å². The fourth-order valence-electron chi connectivity index (χ4n) is 1.26. The van der Waals surface area contributed by atoms with Gasteiger partial charge in [-0.15, -0.1) is 0 Å². The monoisotopic (exact) mass is 218 g/mol. The molecule has 13 heavy (non-hydrogen) atoms. The van der Waals surface area contributed by atoms with Crippen LogP contribution >= 0.6 is 21.6 Å². The van der Waals surface area contributed by atoms with E-state index in [4.69, 9.17) is 4.74 Å². The Balaban J connectivity index is 2.64. The minimum Gasteiger partial charge on any atom is -0.458 e. The lowest BCUT2D eigenvalue weighted by molar-refractivity contribution is -0.134. The molecule has 0 amide bonds. The lowest BCUT2D eigenvalue weighted by atomic mass is 10.0. The minimum absolute atomic E-state index is 0.192. The van der Waals surface area contributed by atoms with Gasteiger partial charge >= 0.3 is 5.97 Å². The van der Waals surface area contributed by atoms with E-state index in [1.54, 1.807) is 27.7 Å². The van der Waals surface area contributed by atoms with Crippen LogP contribution in [0.2, 0.25) is 0 Å². The molecule has 1 unspecified atom stereocenters. The third kappa shape index (κ3) is 2.95. The van der Waals surface area contributed by atoms with Gasteiger partial charge in [0.2, 0.25) is 0 Å². The molecule has 0 aliphatic carbocycles. The molecular formula is C9H14O2S2. The van der Waals surface area contributed by atoms with E-state index in [1.807, 2.05) is 0 Å². The van der Waals surface area contributed by atoms with Crippen molar-refractivity contribution in [3.05, 3.63) is 11.6 Å². The van der Waals surface area contributed by atoms with Crippen LogP contribution in [0.25, 0.3) is 0 Å². The predicted molar refractivity (Wildman–Crippen MR) is 58.8 cm³/mol. The maximum absolute atomic E-state index is 10.9. The van der Waals surface area contributed by atoms with E-state index in [0.29, 0.717) is 17.8 Å². The highest BCUT2D eigenvalue weighted by atomic mass is 33.1. The maximum atomic E-state index is 10.9. The van der Waals surface area contributed by atoms with Gasteiger partial charge in [0.05, 0.1) is 0 Å². The van der Waals surface area contributed by atoms with Crippen LogP contribution < -0.4 is 0 Å². The Morgan fingerprint density at radius 1 is 1.54 bits per heavy atom. The van der Waals surface area contributed by atoms with Crippen molar-refractivity contribution in [3.8, 4) is 0 Å². The summed E-state index contributed by atoms with van der Waals surface area (Å²) in [6, 6.07) is 0. The average molecular weight is 218 g/mol. The number of carbonyl (C=O) groups excluding carboxylic acids is 1. The lowest BCUT2D eigenvalue weighted by Crippen LogP contribution is -2.14. The van der Waals surface area contributed by atoms with Gasteiger partial charge in [0.25, 0.3) is 0 Å². The molecule has 2 nitrogen and oxygen atoms in total. The molecule has 1 heterocycles. The average Bonchev–Trinajstić information content (AvgIpc) is 2.46. The summed E-state index contributed by atoms with van der Waals surface area (Å²) in [5.41, 5.74) is 1.12. The van der Waals surface area contributed by atoms with Crippen molar-refractivity contribution in [1.82, 2.24) is 0 Å². The van der Waals surface area contributed by atoms with E-state index in [9.17, 15) is 4.79 Å². The number of ether oxygens (including phenoxy) is 1. The molecule has 74 valence electrons. The Morgan fingerprint density at radius 2 is 2.23 bits per heavy atom. The van der Waals surface area contributed by atoms with E-state index in [-0.39, 0.29) is 5.97 Å². The molecule has 1 atom stereocenters. The van der Waals surface area contributed by atoms with Crippen LogP contribution in [-0.2, 0) is 9.53 Å². The van der Waals surface area contributed by atoms with Crippen molar-refractivity contribution < 1.29 is 9.53 Å². The molecule has 0 saturated heterocycles. The fraction of sp³-hybridized carbons (Fsp3) is 0.667. The lowest BCUT2D eigenvalue weighted by Gasteiger charge is -2.18. The molecule has 1 aliphatic heterocycles. The van der Waals surface area contributed by atoms with Crippen LogP contribution in [0.5, 0.6) is 0 Å². The first-order chi connectivity index (χ1) is 6.15. The molecule has 0 spiro atoms. The molecule has 1 aliphatic rings. The van der Waals surface area contributed by atoms with E-state index in [0.717, 1.165) is 5.57 Å². The third-order valence-electron chi connectivity index (χ3n) is 1.86. The summed E-state index contributed by atoms with van der Waals surface area (Å²) in [6.07, 6.45) is 3.69. The second-order valence-corrected chi connectivity index (χ2v) is 5.87. The standard InChI is InChI=1S/C9H14O2S2/c1-6(2)9(13-12-3)7-4-8(10)11-5-7/h4,6,9H,5H2,1-3H3. The summed E-state index contributed by atoms with van der Waals surface area (Å²) >= 11 is 0. The zero-order valence-corrected chi connectivity index (χ0v) is 9.71. The number of carbonyl (C=O) groups is 1. The Bertz CT molecular complexity index is 224. The largest absolute Gasteiger partial charge is 0.458 e. The third-order valence-corrected chi connectivity index (χ3v) is 4.30. The first kappa shape index (κ1) is 11.0. The van der Waals surface area contributed by atoms with Gasteiger partial charge in [-0.05, 0) is 17.7 Å². The number of esters is 1. The molecule has 0 aromatic heterocycles. The van der Waals surface area contributed by atoms with Gasteiger partial charge < -0.3 is 4.74 Å². The number of hydrogen-bond acceptors (Lipinski definition) is 4. The molecule has 4 heteroatoms. The molecule has 0 aromatic rings. The van der Waals surface area contributed by atoms with Gasteiger partial charge in [-0.25, -0.2) is 4.79 Å². The number of hydrogen-bond donors (Lipinski definition) is 0. The highest BCUT2D eigenvalue weighted by Crippen LogP contribution is 2.35. The van der Waals surface area contributed by atoms with E-state index < -0.39 is 0 Å². The summed E-state index contributed by atoms with van der Waals surface area (Å²) in [6.45, 7) is 4.81. The Kier molecular flexibility index (Phi) is 4.19. The zero-order valence-electron chi connectivity index (χ0n) is 8.07. The van der Waals surface area contributed by atoms with Crippen LogP contribution in [0.3, 0.4) is 0 Å². The second-order valence-electron chi connectivity index (χ2n) is 3.25. The second kappa shape index (κ2) is 4.96. The van der Waals surface area contributed by atoms with Crippen LogP contribution in [0.4, 0.5) is 0 Å². The normalized spacial score (nSPS) is 18.8. The molecule has 0 fully saturated rings. The zero-order chi connectivity index (χ0) is 9.84. The molecule has 0 radical (unpaired) electrons. The Labute approximate surface area is 86.9 Å². The van der Waals surface area contributed by atoms with Crippen molar-refractivity contribution in [2.45, 2.75) is 19.1 Å². The molecule has 0 N–H and O–H groups in total. The molecule has 1 rings (SSSR count). The van der Waals surface area contributed by atoms with Crippen LogP contribution in [-0.4, -0.2) is 24.1 Å². The predicted octanol–water partition coefficient (Wildman–Crippen LogP) is 2.51.